The lowest BCUT2D eigenvalue weighted by Crippen LogP contribution is -2.45. The van der Waals surface area contributed by atoms with E-state index in [0.717, 1.165) is 38.5 Å². The molecule has 0 bridgehead atoms. The molecule has 0 heterocycles. The van der Waals surface area contributed by atoms with Crippen LogP contribution in [0.3, 0.4) is 0 Å². The lowest BCUT2D eigenvalue weighted by molar-refractivity contribution is -0.870. The number of aliphatic hydroxyl groups is 1. The van der Waals surface area contributed by atoms with Crippen molar-refractivity contribution in [3.63, 3.8) is 0 Å². The molecule has 0 saturated carbocycles. The van der Waals surface area contributed by atoms with Crippen LogP contribution < -0.4 is 10.2 Å². The summed E-state index contributed by atoms with van der Waals surface area (Å²) in [5.74, 6) is -0.214. The molecule has 0 spiro atoms. The molecule has 1 amide bonds. The monoisotopic (exact) mass is 630 g/mol. The largest absolute Gasteiger partial charge is 0.756 e. The summed E-state index contributed by atoms with van der Waals surface area (Å²) >= 11 is 0. The van der Waals surface area contributed by atoms with Crippen molar-refractivity contribution >= 4 is 13.7 Å². The molecule has 0 aliphatic rings. The van der Waals surface area contributed by atoms with Crippen LogP contribution in [0.15, 0.2) is 24.3 Å². The van der Waals surface area contributed by atoms with Crippen molar-refractivity contribution in [3.8, 4) is 0 Å². The predicted octanol–water partition coefficient (Wildman–Crippen LogP) is 7.60. The number of nitrogens with one attached hydrogen (secondary N) is 1. The highest BCUT2D eigenvalue weighted by atomic mass is 31.2. The first-order chi connectivity index (χ1) is 20.5. The quantitative estimate of drug-likeness (QED) is 0.0366. The Kier molecular flexibility index (Phi) is 26.7. The van der Waals surface area contributed by atoms with E-state index in [4.69, 9.17) is 9.05 Å². The maximum Gasteiger partial charge on any atom is 0.268 e. The molecule has 0 aromatic rings. The number of nitrogens with zero attached hydrogens (tertiary/aromatic N) is 1. The van der Waals surface area contributed by atoms with Crippen LogP contribution in [0.4, 0.5) is 0 Å². The number of quaternary nitrogens is 1. The molecule has 9 heteroatoms. The average Bonchev–Trinajstić information content (AvgIpc) is 2.94. The first-order valence-electron chi connectivity index (χ1n) is 17.2. The van der Waals surface area contributed by atoms with Crippen molar-refractivity contribution in [1.29, 1.82) is 0 Å². The molecule has 0 aromatic carbocycles. The van der Waals surface area contributed by atoms with Crippen LogP contribution >= 0.6 is 7.82 Å². The van der Waals surface area contributed by atoms with Gasteiger partial charge >= 0.3 is 0 Å². The summed E-state index contributed by atoms with van der Waals surface area (Å²) in [7, 11) is 1.24. The molecular formula is C34H67N2O6P. The van der Waals surface area contributed by atoms with Gasteiger partial charge in [-0.25, -0.2) is 0 Å². The van der Waals surface area contributed by atoms with E-state index in [9.17, 15) is 19.4 Å². The first-order valence-corrected chi connectivity index (χ1v) is 18.7. The second kappa shape index (κ2) is 27.3. The van der Waals surface area contributed by atoms with E-state index in [1.165, 1.54) is 77.0 Å². The van der Waals surface area contributed by atoms with Crippen LogP contribution in [0.5, 0.6) is 0 Å². The fraction of sp³-hybridized carbons (Fsp3) is 0.853. The Labute approximate surface area is 264 Å². The number of carbonyl (C=O) groups excluding carboxylic acids is 1. The summed E-state index contributed by atoms with van der Waals surface area (Å²) in [5, 5.41) is 13.6. The van der Waals surface area contributed by atoms with Gasteiger partial charge in [0.05, 0.1) is 39.9 Å². The lowest BCUT2D eigenvalue weighted by atomic mass is 10.1. The Balaban J connectivity index is 4.68. The minimum absolute atomic E-state index is 0.00520. The van der Waals surface area contributed by atoms with Gasteiger partial charge in [0, 0.05) is 6.42 Å². The predicted molar refractivity (Wildman–Crippen MR) is 178 cm³/mol. The van der Waals surface area contributed by atoms with Crippen LogP contribution in [0.25, 0.3) is 0 Å². The van der Waals surface area contributed by atoms with Gasteiger partial charge in [-0.05, 0) is 32.1 Å². The first kappa shape index (κ1) is 42.0. The lowest BCUT2D eigenvalue weighted by Gasteiger charge is -2.29. The van der Waals surface area contributed by atoms with Crippen molar-refractivity contribution in [1.82, 2.24) is 5.32 Å². The normalized spacial score (nSPS) is 15.2. The Morgan fingerprint density at radius 1 is 0.791 bits per heavy atom. The van der Waals surface area contributed by atoms with E-state index in [0.29, 0.717) is 17.4 Å². The maximum absolute atomic E-state index is 12.7. The van der Waals surface area contributed by atoms with Crippen molar-refractivity contribution < 1.29 is 32.9 Å². The van der Waals surface area contributed by atoms with E-state index in [1.807, 2.05) is 27.2 Å². The van der Waals surface area contributed by atoms with E-state index < -0.39 is 26.6 Å². The number of likely N-dealkylation sites (N-methyl/N-ethyl adjacent to an activating group) is 1. The Bertz CT molecular complexity index is 768. The number of hydrogen-bond donors (Lipinski definition) is 2. The number of phosphoric acid groups is 1. The van der Waals surface area contributed by atoms with Crippen LogP contribution in [0.1, 0.15) is 136 Å². The number of rotatable bonds is 30. The summed E-state index contributed by atoms with van der Waals surface area (Å²) in [6.07, 6.45) is 27.9. The number of carbonyl (C=O) groups is 1. The Morgan fingerprint density at radius 2 is 1.30 bits per heavy atom. The number of hydrogen-bond acceptors (Lipinski definition) is 6. The second-order valence-corrected chi connectivity index (χ2v) is 14.3. The zero-order valence-corrected chi connectivity index (χ0v) is 29.3. The molecule has 3 unspecified atom stereocenters. The zero-order valence-electron chi connectivity index (χ0n) is 28.4. The smallest absolute Gasteiger partial charge is 0.268 e. The van der Waals surface area contributed by atoms with Gasteiger partial charge < -0.3 is 28.8 Å². The minimum atomic E-state index is -4.57. The molecule has 3 atom stereocenters. The zero-order chi connectivity index (χ0) is 32.2. The van der Waals surface area contributed by atoms with E-state index >= 15 is 0 Å². The van der Waals surface area contributed by atoms with Gasteiger partial charge in [-0.15, -0.1) is 0 Å². The highest BCUT2D eigenvalue weighted by molar-refractivity contribution is 7.45. The summed E-state index contributed by atoms with van der Waals surface area (Å²) in [5.41, 5.74) is 0. The van der Waals surface area contributed by atoms with Gasteiger partial charge in [0.25, 0.3) is 7.82 Å². The van der Waals surface area contributed by atoms with Crippen LogP contribution in [0.2, 0.25) is 0 Å². The fourth-order valence-electron chi connectivity index (χ4n) is 4.58. The van der Waals surface area contributed by atoms with Crippen molar-refractivity contribution in [2.75, 3.05) is 40.9 Å². The van der Waals surface area contributed by atoms with Crippen molar-refractivity contribution in [2.45, 2.75) is 148 Å². The summed E-state index contributed by atoms with van der Waals surface area (Å²) in [4.78, 5) is 25.0. The maximum atomic E-state index is 12.7. The molecule has 2 N–H and O–H groups in total. The van der Waals surface area contributed by atoms with E-state index in [2.05, 4.69) is 31.3 Å². The number of aliphatic hydroxyl groups excluding tert-OH is 1. The number of phosphoric ester groups is 1. The molecule has 0 fully saturated rings. The van der Waals surface area contributed by atoms with Crippen molar-refractivity contribution in [2.24, 2.45) is 0 Å². The summed E-state index contributed by atoms with van der Waals surface area (Å²) in [6, 6.07) is -0.894. The third-order valence-electron chi connectivity index (χ3n) is 7.41. The number of allylic oxidation sites excluding steroid dienone is 3. The third-order valence-corrected chi connectivity index (χ3v) is 8.38. The standard InChI is InChI=1S/C34H67N2O6P/c1-6-8-10-12-14-16-18-19-21-23-25-27-33(37)32(31-42-43(39,40)41-30-29-36(3,4)5)35-34(38)28-26-24-22-20-17-15-13-11-9-7-2/h18-19,25,27,32-33,37H,6-17,20-24,26,28-31H2,1-5H3,(H-,35,38,39,40)/b19-18+,27-25+. The van der Waals surface area contributed by atoms with Crippen LogP contribution in [-0.4, -0.2) is 68.5 Å². The molecule has 0 aliphatic carbocycles. The number of amides is 1. The van der Waals surface area contributed by atoms with Crippen molar-refractivity contribution in [3.05, 3.63) is 24.3 Å². The molecule has 43 heavy (non-hydrogen) atoms. The Hall–Kier alpha value is -1.02. The third kappa shape index (κ3) is 29.5. The van der Waals surface area contributed by atoms with Gasteiger partial charge in [-0.2, -0.15) is 0 Å². The second-order valence-electron chi connectivity index (χ2n) is 12.9. The van der Waals surface area contributed by atoms with E-state index in [1.54, 1.807) is 6.08 Å². The van der Waals surface area contributed by atoms with Gasteiger partial charge in [0.2, 0.25) is 5.91 Å². The van der Waals surface area contributed by atoms with Gasteiger partial charge in [-0.3, -0.25) is 9.36 Å². The Morgan fingerprint density at radius 3 is 1.88 bits per heavy atom. The summed E-state index contributed by atoms with van der Waals surface area (Å²) < 4.78 is 23.0. The molecular weight excluding hydrogens is 563 g/mol. The number of unbranched alkanes of at least 4 members (excludes halogenated alkanes) is 15. The molecule has 254 valence electrons. The highest BCUT2D eigenvalue weighted by Crippen LogP contribution is 2.38. The van der Waals surface area contributed by atoms with Crippen LogP contribution in [-0.2, 0) is 18.4 Å². The fourth-order valence-corrected chi connectivity index (χ4v) is 5.30. The molecule has 0 saturated heterocycles. The SMILES string of the molecule is CCCCCCC/C=C/CC/C=C/C(O)C(COP(=O)([O-])OCC[N+](C)(C)C)NC(=O)CCCCCCCCCCCC. The minimum Gasteiger partial charge on any atom is -0.756 e. The van der Waals surface area contributed by atoms with E-state index in [-0.39, 0.29) is 12.5 Å². The van der Waals surface area contributed by atoms with Crippen LogP contribution in [0, 0.1) is 0 Å². The molecule has 8 nitrogen and oxygen atoms in total. The molecule has 0 aromatic heterocycles. The molecule has 0 rings (SSSR count). The molecule has 0 radical (unpaired) electrons. The summed E-state index contributed by atoms with van der Waals surface area (Å²) in [6.45, 7) is 4.55. The van der Waals surface area contributed by atoms with Gasteiger partial charge in [0.15, 0.2) is 0 Å². The molecule has 0 aliphatic heterocycles. The van der Waals surface area contributed by atoms with Gasteiger partial charge in [-0.1, -0.05) is 122 Å². The van der Waals surface area contributed by atoms with Gasteiger partial charge in [0.1, 0.15) is 13.2 Å². The average molecular weight is 631 g/mol. The highest BCUT2D eigenvalue weighted by Gasteiger charge is 2.23. The topological polar surface area (TPSA) is 108 Å².